The molecule has 5 nitrogen and oxygen atoms in total. The topological polar surface area (TPSA) is 39.9 Å². The van der Waals surface area contributed by atoms with Gasteiger partial charge < -0.3 is 9.32 Å². The number of amides is 1. The molecule has 0 aromatic carbocycles. The van der Waals surface area contributed by atoms with Gasteiger partial charge in [-0.05, 0) is 18.2 Å². The Hall–Kier alpha value is -1.59. The Kier molecular flexibility index (Phi) is 3.89. The van der Waals surface area contributed by atoms with Crippen LogP contribution in [0.1, 0.15) is 5.76 Å². The van der Waals surface area contributed by atoms with Crippen molar-refractivity contribution < 1.29 is 9.21 Å². The highest BCUT2D eigenvalue weighted by atomic mass is 16.3. The van der Waals surface area contributed by atoms with E-state index in [1.807, 2.05) is 30.2 Å². The molecular formula is C15H21N3O2. The van der Waals surface area contributed by atoms with E-state index in [1.54, 1.807) is 6.26 Å². The monoisotopic (exact) mass is 275 g/mol. The summed E-state index contributed by atoms with van der Waals surface area (Å²) in [5.41, 5.74) is 0. The normalized spacial score (nSPS) is 25.4. The third kappa shape index (κ3) is 2.78. The van der Waals surface area contributed by atoms with Gasteiger partial charge in [0.15, 0.2) is 0 Å². The number of piperazine rings is 2. The number of rotatable bonds is 3. The van der Waals surface area contributed by atoms with Crippen molar-refractivity contribution in [2.24, 2.45) is 0 Å². The minimum Gasteiger partial charge on any atom is -0.465 e. The van der Waals surface area contributed by atoms with E-state index in [0.29, 0.717) is 0 Å². The zero-order chi connectivity index (χ0) is 13.9. The zero-order valence-electron chi connectivity index (χ0n) is 11.9. The molecule has 1 atom stereocenters. The van der Waals surface area contributed by atoms with Crippen LogP contribution in [0.4, 0.5) is 0 Å². The molecule has 0 bridgehead atoms. The number of hydrogen-bond donors (Lipinski definition) is 0. The summed E-state index contributed by atoms with van der Waals surface area (Å²) in [6, 6.07) is 3.86. The highest BCUT2D eigenvalue weighted by molar-refractivity contribution is 5.82. The SMILES string of the molecule is CN1CCN2CCN(C/C=C/c3ccco3)C[C@@H]2C1=O. The molecule has 1 amide bonds. The molecule has 3 rings (SSSR count). The maximum atomic E-state index is 12.2. The molecule has 20 heavy (non-hydrogen) atoms. The van der Waals surface area contributed by atoms with Crippen LogP contribution in [0.25, 0.3) is 6.08 Å². The van der Waals surface area contributed by atoms with E-state index in [2.05, 4.69) is 15.9 Å². The molecule has 108 valence electrons. The Morgan fingerprint density at radius 2 is 2.20 bits per heavy atom. The molecule has 0 aliphatic carbocycles. The summed E-state index contributed by atoms with van der Waals surface area (Å²) in [4.78, 5) is 18.7. The van der Waals surface area contributed by atoms with Gasteiger partial charge in [0.2, 0.25) is 5.91 Å². The average molecular weight is 275 g/mol. The molecule has 0 radical (unpaired) electrons. The summed E-state index contributed by atoms with van der Waals surface area (Å²) in [5.74, 6) is 1.13. The lowest BCUT2D eigenvalue weighted by atomic mass is 10.1. The van der Waals surface area contributed by atoms with Gasteiger partial charge in [-0.2, -0.15) is 0 Å². The fourth-order valence-electron chi connectivity index (χ4n) is 2.89. The predicted octanol–water partition coefficient (Wildman–Crippen LogP) is 0.751. The fourth-order valence-corrected chi connectivity index (χ4v) is 2.89. The summed E-state index contributed by atoms with van der Waals surface area (Å²) < 4.78 is 5.27. The van der Waals surface area contributed by atoms with Crippen molar-refractivity contribution in [2.45, 2.75) is 6.04 Å². The number of furan rings is 1. The Balaban J connectivity index is 1.56. The lowest BCUT2D eigenvalue weighted by molar-refractivity contribution is -0.143. The van der Waals surface area contributed by atoms with Crippen LogP contribution in [0.2, 0.25) is 0 Å². The van der Waals surface area contributed by atoms with Crippen molar-refractivity contribution in [3.05, 3.63) is 30.2 Å². The number of carbonyl (C=O) groups excluding carboxylic acids is 1. The van der Waals surface area contributed by atoms with Crippen LogP contribution >= 0.6 is 0 Å². The van der Waals surface area contributed by atoms with Gasteiger partial charge in [-0.1, -0.05) is 6.08 Å². The third-order valence-corrected chi connectivity index (χ3v) is 4.15. The van der Waals surface area contributed by atoms with Crippen LogP contribution in [-0.2, 0) is 4.79 Å². The largest absolute Gasteiger partial charge is 0.465 e. The molecule has 3 heterocycles. The Labute approximate surface area is 119 Å². The van der Waals surface area contributed by atoms with Gasteiger partial charge in [0, 0.05) is 46.3 Å². The number of fused-ring (bicyclic) bond motifs is 1. The van der Waals surface area contributed by atoms with Gasteiger partial charge in [-0.15, -0.1) is 0 Å². The second-order valence-electron chi connectivity index (χ2n) is 5.49. The minimum atomic E-state index is 0.0412. The first kappa shape index (κ1) is 13.4. The molecule has 5 heteroatoms. The van der Waals surface area contributed by atoms with Gasteiger partial charge >= 0.3 is 0 Å². The quantitative estimate of drug-likeness (QED) is 0.816. The minimum absolute atomic E-state index is 0.0412. The number of nitrogens with zero attached hydrogens (tertiary/aromatic N) is 3. The van der Waals surface area contributed by atoms with Crippen LogP contribution < -0.4 is 0 Å². The summed E-state index contributed by atoms with van der Waals surface area (Å²) in [7, 11) is 1.90. The maximum Gasteiger partial charge on any atom is 0.241 e. The average Bonchev–Trinajstić information content (AvgIpc) is 2.97. The van der Waals surface area contributed by atoms with Crippen molar-refractivity contribution in [1.29, 1.82) is 0 Å². The Morgan fingerprint density at radius 1 is 1.35 bits per heavy atom. The molecule has 1 aromatic heterocycles. The van der Waals surface area contributed by atoms with E-state index in [0.717, 1.165) is 45.0 Å². The summed E-state index contributed by atoms with van der Waals surface area (Å²) >= 11 is 0. The van der Waals surface area contributed by atoms with E-state index in [1.165, 1.54) is 0 Å². The van der Waals surface area contributed by atoms with Crippen LogP contribution in [0.15, 0.2) is 28.9 Å². The van der Waals surface area contributed by atoms with Crippen molar-refractivity contribution >= 4 is 12.0 Å². The molecule has 2 aliphatic heterocycles. The second-order valence-corrected chi connectivity index (χ2v) is 5.49. The van der Waals surface area contributed by atoms with E-state index < -0.39 is 0 Å². The number of carbonyl (C=O) groups is 1. The van der Waals surface area contributed by atoms with Crippen molar-refractivity contribution in [3.8, 4) is 0 Å². The van der Waals surface area contributed by atoms with Crippen molar-refractivity contribution in [2.75, 3.05) is 46.3 Å². The first-order valence-electron chi connectivity index (χ1n) is 7.15. The molecule has 2 aliphatic rings. The predicted molar refractivity (Wildman–Crippen MR) is 77.2 cm³/mol. The smallest absolute Gasteiger partial charge is 0.241 e. The van der Waals surface area contributed by atoms with Crippen LogP contribution in [0.5, 0.6) is 0 Å². The summed E-state index contributed by atoms with van der Waals surface area (Å²) in [6.07, 6.45) is 5.77. The van der Waals surface area contributed by atoms with Gasteiger partial charge in [-0.3, -0.25) is 14.6 Å². The molecule has 1 aromatic rings. The lowest BCUT2D eigenvalue weighted by Gasteiger charge is -2.45. The molecule has 2 saturated heterocycles. The highest BCUT2D eigenvalue weighted by Gasteiger charge is 2.36. The number of hydrogen-bond acceptors (Lipinski definition) is 4. The first-order valence-corrected chi connectivity index (χ1v) is 7.15. The van der Waals surface area contributed by atoms with Crippen LogP contribution in [-0.4, -0.2) is 73.0 Å². The molecule has 0 N–H and O–H groups in total. The highest BCUT2D eigenvalue weighted by Crippen LogP contribution is 2.16. The zero-order valence-corrected chi connectivity index (χ0v) is 11.9. The van der Waals surface area contributed by atoms with Crippen LogP contribution in [0.3, 0.4) is 0 Å². The third-order valence-electron chi connectivity index (χ3n) is 4.15. The van der Waals surface area contributed by atoms with E-state index in [-0.39, 0.29) is 11.9 Å². The van der Waals surface area contributed by atoms with Crippen molar-refractivity contribution in [3.63, 3.8) is 0 Å². The van der Waals surface area contributed by atoms with Crippen molar-refractivity contribution in [1.82, 2.24) is 14.7 Å². The lowest BCUT2D eigenvalue weighted by Crippen LogP contribution is -2.63. The maximum absolute atomic E-state index is 12.2. The number of likely N-dealkylation sites (N-methyl/N-ethyl adjacent to an activating group) is 1. The molecule has 0 saturated carbocycles. The fraction of sp³-hybridized carbons (Fsp3) is 0.533. The van der Waals surface area contributed by atoms with Gasteiger partial charge in [0.1, 0.15) is 11.8 Å². The second kappa shape index (κ2) is 5.81. The van der Waals surface area contributed by atoms with Gasteiger partial charge in [-0.25, -0.2) is 0 Å². The Bertz CT molecular complexity index is 483. The summed E-state index contributed by atoms with van der Waals surface area (Å²) in [5, 5.41) is 0. The molecule has 2 fully saturated rings. The van der Waals surface area contributed by atoms with E-state index >= 15 is 0 Å². The van der Waals surface area contributed by atoms with Crippen LogP contribution in [0, 0.1) is 0 Å². The van der Waals surface area contributed by atoms with E-state index in [9.17, 15) is 4.79 Å². The Morgan fingerprint density at radius 3 is 3.00 bits per heavy atom. The molecular weight excluding hydrogens is 254 g/mol. The van der Waals surface area contributed by atoms with Gasteiger partial charge in [0.05, 0.1) is 6.26 Å². The van der Waals surface area contributed by atoms with Gasteiger partial charge in [0.25, 0.3) is 0 Å². The summed E-state index contributed by atoms with van der Waals surface area (Å²) in [6.45, 7) is 5.55. The molecule has 0 unspecified atom stereocenters. The molecule has 0 spiro atoms. The van der Waals surface area contributed by atoms with E-state index in [4.69, 9.17) is 4.42 Å². The standard InChI is InChI=1S/C15H21N3O2/c1-16-7-9-18-10-8-17(12-14(18)15(16)19)6-2-4-13-5-3-11-20-13/h2-5,11,14H,6-10,12H2,1H3/b4-2+/t14-/m1/s1. The first-order chi connectivity index (χ1) is 9.74.